The number of halogens is 5. The standard InChI is InChI=1S/C14H12F5N3O2/c15-13(16,7-3-4-20-6-7)11(23)21-8-1-2-10-9(5-8)22-12(24-10)14(17,18)19/h1-2,5,7,20H,3-4,6H2,(H,21,23). The Hall–Kier alpha value is -2.23. The van der Waals surface area contributed by atoms with E-state index in [1.807, 2.05) is 5.32 Å². The van der Waals surface area contributed by atoms with E-state index in [0.29, 0.717) is 6.54 Å². The molecule has 0 aliphatic carbocycles. The molecule has 1 amide bonds. The number of anilines is 1. The molecule has 1 atom stereocenters. The number of hydrogen-bond donors (Lipinski definition) is 2. The summed E-state index contributed by atoms with van der Waals surface area (Å²) in [7, 11) is 0. The van der Waals surface area contributed by atoms with Gasteiger partial charge in [0.05, 0.1) is 0 Å². The highest BCUT2D eigenvalue weighted by molar-refractivity contribution is 5.97. The van der Waals surface area contributed by atoms with Gasteiger partial charge in [-0.25, -0.2) is 4.98 Å². The van der Waals surface area contributed by atoms with E-state index in [9.17, 15) is 26.7 Å². The van der Waals surface area contributed by atoms with Crippen molar-refractivity contribution in [3.05, 3.63) is 24.1 Å². The van der Waals surface area contributed by atoms with Crippen LogP contribution in [0.4, 0.5) is 27.6 Å². The first kappa shape index (κ1) is 16.6. The number of oxazole rings is 1. The second-order valence-corrected chi connectivity index (χ2v) is 5.47. The number of hydrogen-bond acceptors (Lipinski definition) is 4. The second kappa shape index (κ2) is 5.69. The second-order valence-electron chi connectivity index (χ2n) is 5.47. The van der Waals surface area contributed by atoms with Crippen LogP contribution in [0.5, 0.6) is 0 Å². The molecule has 0 saturated carbocycles. The molecule has 5 nitrogen and oxygen atoms in total. The Kier molecular flexibility index (Phi) is 3.94. The van der Waals surface area contributed by atoms with Gasteiger partial charge in [0.1, 0.15) is 5.52 Å². The summed E-state index contributed by atoms with van der Waals surface area (Å²) in [6.07, 6.45) is -4.59. The van der Waals surface area contributed by atoms with Crippen LogP contribution in [0.2, 0.25) is 0 Å². The SMILES string of the molecule is O=C(Nc1ccc2oc(C(F)(F)F)nc2c1)C(F)(F)C1CCNC1. The zero-order valence-corrected chi connectivity index (χ0v) is 12.1. The van der Waals surface area contributed by atoms with Crippen molar-refractivity contribution >= 4 is 22.7 Å². The predicted octanol–water partition coefficient (Wildman–Crippen LogP) is 3.03. The van der Waals surface area contributed by atoms with Crippen LogP contribution in [0, 0.1) is 5.92 Å². The molecule has 0 bridgehead atoms. The maximum atomic E-state index is 14.0. The van der Waals surface area contributed by atoms with Gasteiger partial charge in [-0.2, -0.15) is 22.0 Å². The number of nitrogens with zero attached hydrogens (tertiary/aromatic N) is 1. The number of carbonyl (C=O) groups excluding carboxylic acids is 1. The van der Waals surface area contributed by atoms with E-state index >= 15 is 0 Å². The first-order chi connectivity index (χ1) is 11.2. The smallest absolute Gasteiger partial charge is 0.433 e. The molecule has 2 N–H and O–H groups in total. The van der Waals surface area contributed by atoms with E-state index in [4.69, 9.17) is 0 Å². The molecular formula is C14H12F5N3O2. The van der Waals surface area contributed by atoms with Crippen molar-refractivity contribution < 1.29 is 31.2 Å². The van der Waals surface area contributed by atoms with Crippen LogP contribution in [0.15, 0.2) is 22.6 Å². The lowest BCUT2D eigenvalue weighted by Gasteiger charge is -2.21. The maximum Gasteiger partial charge on any atom is 0.468 e. The predicted molar refractivity (Wildman–Crippen MR) is 73.6 cm³/mol. The number of aromatic nitrogens is 1. The zero-order valence-electron chi connectivity index (χ0n) is 12.1. The Bertz CT molecular complexity index is 765. The first-order valence-corrected chi connectivity index (χ1v) is 7.05. The number of alkyl halides is 5. The molecule has 1 aromatic heterocycles. The number of rotatable bonds is 3. The van der Waals surface area contributed by atoms with Crippen LogP contribution in [0.25, 0.3) is 11.1 Å². The van der Waals surface area contributed by atoms with Gasteiger partial charge >= 0.3 is 18.0 Å². The molecule has 1 aliphatic heterocycles. The van der Waals surface area contributed by atoms with Crippen LogP contribution in [-0.2, 0) is 11.0 Å². The van der Waals surface area contributed by atoms with Crippen LogP contribution < -0.4 is 10.6 Å². The highest BCUT2D eigenvalue weighted by atomic mass is 19.4. The van der Waals surface area contributed by atoms with Gasteiger partial charge in [-0.3, -0.25) is 4.79 Å². The first-order valence-electron chi connectivity index (χ1n) is 7.05. The fraction of sp³-hybridized carbons (Fsp3) is 0.429. The Labute approximate surface area is 132 Å². The number of carbonyl (C=O) groups is 1. The molecule has 1 fully saturated rings. The Balaban J connectivity index is 1.81. The van der Waals surface area contributed by atoms with E-state index < -0.39 is 29.8 Å². The number of nitrogens with one attached hydrogen (secondary N) is 2. The van der Waals surface area contributed by atoms with Gasteiger partial charge in [0, 0.05) is 18.2 Å². The Morgan fingerprint density at radius 1 is 1.29 bits per heavy atom. The van der Waals surface area contributed by atoms with Crippen molar-refractivity contribution in [3.63, 3.8) is 0 Å². The summed E-state index contributed by atoms with van der Waals surface area (Å²) in [6, 6.07) is 3.35. The molecule has 2 heterocycles. The van der Waals surface area contributed by atoms with Crippen molar-refractivity contribution in [2.75, 3.05) is 18.4 Å². The summed E-state index contributed by atoms with van der Waals surface area (Å²) in [5.74, 6) is -7.65. The lowest BCUT2D eigenvalue weighted by atomic mass is 10.00. The molecule has 1 saturated heterocycles. The molecule has 3 rings (SSSR count). The summed E-state index contributed by atoms with van der Waals surface area (Å²) in [5, 5.41) is 4.77. The molecule has 24 heavy (non-hydrogen) atoms. The van der Waals surface area contributed by atoms with Gasteiger partial charge in [0.25, 0.3) is 5.91 Å². The lowest BCUT2D eigenvalue weighted by Crippen LogP contribution is -2.42. The highest BCUT2D eigenvalue weighted by Crippen LogP contribution is 2.33. The minimum absolute atomic E-state index is 0.0255. The van der Waals surface area contributed by atoms with Crippen LogP contribution in [0.1, 0.15) is 12.3 Å². The highest BCUT2D eigenvalue weighted by Gasteiger charge is 2.48. The topological polar surface area (TPSA) is 67.2 Å². The number of amides is 1. The quantitative estimate of drug-likeness (QED) is 0.836. The van der Waals surface area contributed by atoms with Gasteiger partial charge in [-0.05, 0) is 31.2 Å². The molecular weight excluding hydrogens is 337 g/mol. The third-order valence-corrected chi connectivity index (χ3v) is 3.76. The molecule has 130 valence electrons. The molecule has 2 aromatic rings. The van der Waals surface area contributed by atoms with Crippen LogP contribution in [0.3, 0.4) is 0 Å². The van der Waals surface area contributed by atoms with E-state index in [1.54, 1.807) is 0 Å². The van der Waals surface area contributed by atoms with Crippen molar-refractivity contribution in [2.24, 2.45) is 5.92 Å². The van der Waals surface area contributed by atoms with E-state index in [1.165, 1.54) is 6.07 Å². The molecule has 10 heteroatoms. The lowest BCUT2D eigenvalue weighted by molar-refractivity contribution is -0.156. The summed E-state index contributed by atoms with van der Waals surface area (Å²) in [6.45, 7) is 0.427. The average molecular weight is 349 g/mol. The molecule has 1 aromatic carbocycles. The van der Waals surface area contributed by atoms with Crippen molar-refractivity contribution in [1.29, 1.82) is 0 Å². The summed E-state index contributed by atoms with van der Waals surface area (Å²) in [4.78, 5) is 15.1. The third kappa shape index (κ3) is 3.05. The fourth-order valence-corrected chi connectivity index (χ4v) is 2.49. The van der Waals surface area contributed by atoms with Crippen molar-refractivity contribution in [1.82, 2.24) is 10.3 Å². The Morgan fingerprint density at radius 3 is 2.67 bits per heavy atom. The van der Waals surface area contributed by atoms with E-state index in [0.717, 1.165) is 12.1 Å². The van der Waals surface area contributed by atoms with Crippen LogP contribution in [-0.4, -0.2) is 29.9 Å². The third-order valence-electron chi connectivity index (χ3n) is 3.76. The summed E-state index contributed by atoms with van der Waals surface area (Å²) in [5.41, 5.74) is -0.432. The molecule has 0 radical (unpaired) electrons. The normalized spacial score (nSPS) is 19.0. The van der Waals surface area contributed by atoms with Gasteiger partial charge in [-0.15, -0.1) is 0 Å². The minimum atomic E-state index is -4.76. The molecule has 1 unspecified atom stereocenters. The molecule has 0 spiro atoms. The number of benzene rings is 1. The van der Waals surface area contributed by atoms with Gasteiger partial charge < -0.3 is 15.1 Å². The largest absolute Gasteiger partial charge is 0.468 e. The Morgan fingerprint density at radius 2 is 2.04 bits per heavy atom. The van der Waals surface area contributed by atoms with E-state index in [2.05, 4.69) is 14.7 Å². The van der Waals surface area contributed by atoms with Gasteiger partial charge in [0.15, 0.2) is 5.58 Å². The number of fused-ring (bicyclic) bond motifs is 1. The minimum Gasteiger partial charge on any atom is -0.433 e. The summed E-state index contributed by atoms with van der Waals surface area (Å²) < 4.78 is 70.2. The molecule has 1 aliphatic rings. The van der Waals surface area contributed by atoms with Crippen molar-refractivity contribution in [3.8, 4) is 0 Å². The average Bonchev–Trinajstić information content (AvgIpc) is 3.15. The maximum absolute atomic E-state index is 14.0. The van der Waals surface area contributed by atoms with Crippen LogP contribution >= 0.6 is 0 Å². The zero-order chi connectivity index (χ0) is 17.5. The monoisotopic (exact) mass is 349 g/mol. The van der Waals surface area contributed by atoms with E-state index in [-0.39, 0.29) is 29.8 Å². The van der Waals surface area contributed by atoms with Gasteiger partial charge in [-0.1, -0.05) is 0 Å². The van der Waals surface area contributed by atoms with Crippen molar-refractivity contribution in [2.45, 2.75) is 18.5 Å². The summed E-state index contributed by atoms with van der Waals surface area (Å²) >= 11 is 0. The van der Waals surface area contributed by atoms with Gasteiger partial charge in [0.2, 0.25) is 0 Å². The fourth-order valence-electron chi connectivity index (χ4n) is 2.49.